The number of aliphatic hydroxyl groups excluding tert-OH is 4. The van der Waals surface area contributed by atoms with Crippen molar-refractivity contribution in [2.75, 3.05) is 26.4 Å². The molecule has 0 rings (SSSR count). The predicted molar refractivity (Wildman–Crippen MR) is 47.1 cm³/mol. The minimum Gasteiger partial charge on any atom is -0.396 e. The first-order valence-electron chi connectivity index (χ1n) is 3.23. The lowest BCUT2D eigenvalue weighted by atomic mass is 9.93. The van der Waals surface area contributed by atoms with Gasteiger partial charge in [0.1, 0.15) is 0 Å². The van der Waals surface area contributed by atoms with Gasteiger partial charge in [0, 0.05) is 0 Å². The van der Waals surface area contributed by atoms with E-state index >= 15 is 0 Å². The first kappa shape index (κ1) is 18.7. The molecular weight excluding hydrogens is 200 g/mol. The molecule has 0 aliphatic heterocycles. The van der Waals surface area contributed by atoms with E-state index in [-0.39, 0.29) is 6.15 Å². The van der Waals surface area contributed by atoms with Crippen molar-refractivity contribution in [2.24, 2.45) is 5.41 Å². The lowest BCUT2D eigenvalue weighted by Crippen LogP contribution is -2.37. The topological polar surface area (TPSA) is 184 Å². The lowest BCUT2D eigenvalue weighted by molar-refractivity contribution is -0.402. The summed E-state index contributed by atoms with van der Waals surface area (Å²) in [5.41, 5.74) is -1.11. The summed E-state index contributed by atoms with van der Waals surface area (Å²) >= 11 is 0. The van der Waals surface area contributed by atoms with Gasteiger partial charge in [0.2, 0.25) is 0 Å². The predicted octanol–water partition coefficient (Wildman–Crippen LogP) is -1.92. The van der Waals surface area contributed by atoms with E-state index in [0.717, 1.165) is 0 Å². The lowest BCUT2D eigenvalue weighted by Gasteiger charge is -2.23. The van der Waals surface area contributed by atoms with E-state index < -0.39 is 36.9 Å². The van der Waals surface area contributed by atoms with Crippen molar-refractivity contribution in [1.29, 1.82) is 0 Å². The molecule has 9 heteroatoms. The van der Waals surface area contributed by atoms with Crippen LogP contribution in [0.2, 0.25) is 0 Å². The zero-order valence-corrected chi connectivity index (χ0v) is 7.79. The fraction of sp³-hybridized carbons (Fsp3) is 1.00. The molecule has 8 N–H and O–H groups in total. The van der Waals surface area contributed by atoms with Gasteiger partial charge in [-0.05, 0) is 0 Å². The Kier molecular flexibility index (Phi) is 13.5. The minimum atomic E-state index is -1.75. The summed E-state index contributed by atoms with van der Waals surface area (Å²) in [6.45, 7) is -1.62. The van der Waals surface area contributed by atoms with Crippen molar-refractivity contribution < 1.29 is 25.5 Å². The number of aliphatic hydroxyl groups is 4. The minimum absolute atomic E-state index is 0. The summed E-state index contributed by atoms with van der Waals surface area (Å²) in [5, 5.41) is 48.7. The van der Waals surface area contributed by atoms with Gasteiger partial charge in [0.25, 0.3) is 0 Å². The van der Waals surface area contributed by atoms with Gasteiger partial charge >= 0.3 is 0 Å². The third-order valence-electron chi connectivity index (χ3n) is 1.34. The van der Waals surface area contributed by atoms with E-state index in [9.17, 15) is 0 Å². The van der Waals surface area contributed by atoms with Gasteiger partial charge in [-0.25, -0.2) is 0 Å². The molecule has 0 bridgehead atoms. The zero-order chi connectivity index (χ0) is 10.9. The molecule has 0 saturated carbocycles. The van der Waals surface area contributed by atoms with Crippen LogP contribution in [0.4, 0.5) is 0 Å². The number of quaternary nitrogens is 1. The van der Waals surface area contributed by atoms with Gasteiger partial charge in [-0.1, -0.05) is 0 Å². The molecule has 0 fully saturated rings. The van der Waals surface area contributed by atoms with Crippen molar-refractivity contribution in [3.8, 4) is 0 Å². The van der Waals surface area contributed by atoms with Gasteiger partial charge in [-0.15, -0.1) is 0 Å². The first-order chi connectivity index (χ1) is 5.97. The molecule has 0 saturated heterocycles. The number of hydrogen-bond donors (Lipinski definition) is 5. The summed E-state index contributed by atoms with van der Waals surface area (Å²) in [5.74, 6) is 0. The quantitative estimate of drug-likeness (QED) is 0.267. The standard InChI is InChI=1S/C5H12O4.NO3.H3N/c6-1-5(2-7,3-8)4-9;2-1(3)4;/h6-9H,1-4H2;;1H3/q;-1;/p+1. The molecule has 0 aliphatic rings. The highest BCUT2D eigenvalue weighted by atomic mass is 16.9. The normalized spacial score (nSPS) is 9.43. The van der Waals surface area contributed by atoms with E-state index in [1.807, 2.05) is 0 Å². The van der Waals surface area contributed by atoms with E-state index in [4.69, 9.17) is 35.7 Å². The van der Waals surface area contributed by atoms with Crippen molar-refractivity contribution in [3.63, 3.8) is 0 Å². The smallest absolute Gasteiger partial charge is 0.0689 e. The van der Waals surface area contributed by atoms with Crippen molar-refractivity contribution >= 4 is 0 Å². The van der Waals surface area contributed by atoms with Gasteiger partial charge in [0.05, 0.1) is 36.9 Å². The van der Waals surface area contributed by atoms with E-state index in [1.54, 1.807) is 0 Å². The van der Waals surface area contributed by atoms with Gasteiger partial charge in [-0.2, -0.15) is 0 Å². The molecule has 0 atom stereocenters. The van der Waals surface area contributed by atoms with Crippen molar-refractivity contribution in [2.45, 2.75) is 0 Å². The Morgan fingerprint density at radius 2 is 1.07 bits per heavy atom. The van der Waals surface area contributed by atoms with Crippen LogP contribution in [0.1, 0.15) is 0 Å². The molecule has 88 valence electrons. The Labute approximate surface area is 79.9 Å². The summed E-state index contributed by atoms with van der Waals surface area (Å²) in [6, 6.07) is 0. The monoisotopic (exact) mass is 216 g/mol. The van der Waals surface area contributed by atoms with E-state index in [0.29, 0.717) is 0 Å². The molecular formula is C5H16N2O7. The van der Waals surface area contributed by atoms with Crippen LogP contribution < -0.4 is 6.15 Å². The molecule has 0 aromatic rings. The molecule has 14 heavy (non-hydrogen) atoms. The summed E-state index contributed by atoms with van der Waals surface area (Å²) in [4.78, 5) is 8.25. The second-order valence-corrected chi connectivity index (χ2v) is 2.36. The molecule has 0 radical (unpaired) electrons. The summed E-state index contributed by atoms with van der Waals surface area (Å²) < 4.78 is 0. The third kappa shape index (κ3) is 9.09. The maximum Gasteiger partial charge on any atom is 0.0689 e. The second-order valence-electron chi connectivity index (χ2n) is 2.36. The highest BCUT2D eigenvalue weighted by molar-refractivity contribution is 4.74. The highest BCUT2D eigenvalue weighted by Crippen LogP contribution is 2.11. The zero-order valence-electron chi connectivity index (χ0n) is 7.79. The molecule has 0 heterocycles. The second kappa shape index (κ2) is 10.1. The van der Waals surface area contributed by atoms with Crippen LogP contribution in [0.5, 0.6) is 0 Å². The average Bonchev–Trinajstić information content (AvgIpc) is 2.09. The number of nitrogens with zero attached hydrogens (tertiary/aromatic N) is 1. The van der Waals surface area contributed by atoms with Crippen LogP contribution in [0.25, 0.3) is 0 Å². The van der Waals surface area contributed by atoms with Crippen molar-refractivity contribution in [1.82, 2.24) is 6.15 Å². The molecule has 0 spiro atoms. The average molecular weight is 216 g/mol. The largest absolute Gasteiger partial charge is 0.396 e. The van der Waals surface area contributed by atoms with E-state index in [1.165, 1.54) is 0 Å². The van der Waals surface area contributed by atoms with Crippen molar-refractivity contribution in [3.05, 3.63) is 15.3 Å². The molecule has 0 amide bonds. The van der Waals surface area contributed by atoms with Crippen LogP contribution in [0, 0.1) is 20.7 Å². The van der Waals surface area contributed by atoms with Crippen LogP contribution in [-0.2, 0) is 0 Å². The van der Waals surface area contributed by atoms with Crippen LogP contribution in [0.15, 0.2) is 0 Å². The molecule has 0 aromatic heterocycles. The van der Waals surface area contributed by atoms with Crippen LogP contribution >= 0.6 is 0 Å². The highest BCUT2D eigenvalue weighted by Gasteiger charge is 2.26. The Bertz CT molecular complexity index is 117. The van der Waals surface area contributed by atoms with Crippen LogP contribution in [-0.4, -0.2) is 51.9 Å². The molecule has 9 nitrogen and oxygen atoms in total. The maximum absolute atomic E-state index is 8.50. The number of hydrogen-bond acceptors (Lipinski definition) is 7. The maximum atomic E-state index is 8.50. The summed E-state index contributed by atoms with van der Waals surface area (Å²) in [7, 11) is 0. The van der Waals surface area contributed by atoms with Crippen LogP contribution in [0.3, 0.4) is 0 Å². The first-order valence-corrected chi connectivity index (χ1v) is 3.23. The Hall–Kier alpha value is -1.00. The van der Waals surface area contributed by atoms with Gasteiger partial charge in [0.15, 0.2) is 0 Å². The Morgan fingerprint density at radius 3 is 1.07 bits per heavy atom. The summed E-state index contributed by atoms with van der Waals surface area (Å²) in [6.07, 6.45) is 0. The Morgan fingerprint density at radius 1 is 0.929 bits per heavy atom. The van der Waals surface area contributed by atoms with E-state index in [2.05, 4.69) is 0 Å². The SMILES string of the molecule is O=[N+]([O-])[O-].OCC(CO)(CO)CO.[NH4+]. The molecule has 0 unspecified atom stereocenters. The molecule has 0 aromatic carbocycles. The van der Waals surface area contributed by atoms with Gasteiger partial charge < -0.3 is 41.9 Å². The number of rotatable bonds is 4. The third-order valence-corrected chi connectivity index (χ3v) is 1.34. The van der Waals surface area contributed by atoms with Gasteiger partial charge in [-0.3, -0.25) is 0 Å². The Balaban J connectivity index is -0.000000209. The fourth-order valence-electron chi connectivity index (χ4n) is 0.300. The molecule has 0 aliphatic carbocycles. The fourth-order valence-corrected chi connectivity index (χ4v) is 0.300.